The lowest BCUT2D eigenvalue weighted by Gasteiger charge is -2.46. The Morgan fingerprint density at radius 3 is 2.52 bits per heavy atom. The van der Waals surface area contributed by atoms with E-state index in [9.17, 15) is 12.8 Å². The van der Waals surface area contributed by atoms with Crippen LogP contribution in [0.4, 0.5) is 4.39 Å². The fourth-order valence-corrected chi connectivity index (χ4v) is 6.36. The number of pyridine rings is 1. The van der Waals surface area contributed by atoms with Crippen LogP contribution in [0.2, 0.25) is 0 Å². The van der Waals surface area contributed by atoms with Gasteiger partial charge < -0.3 is 0 Å². The average molecular weight is 469 g/mol. The molecule has 2 aromatic rings. The van der Waals surface area contributed by atoms with E-state index >= 15 is 0 Å². The Balaban J connectivity index is 1.90. The maximum absolute atomic E-state index is 13.5. The molecule has 3 N–H and O–H groups in total. The van der Waals surface area contributed by atoms with Crippen molar-refractivity contribution in [1.29, 1.82) is 0 Å². The highest BCUT2D eigenvalue weighted by molar-refractivity contribution is 7.87. The van der Waals surface area contributed by atoms with Gasteiger partial charge in [-0.05, 0) is 84.2 Å². The number of nitrogens with one attached hydrogen (secondary N) is 1. The van der Waals surface area contributed by atoms with Gasteiger partial charge in [0.05, 0.1) is 0 Å². The number of rotatable bonds is 8. The molecule has 0 saturated carbocycles. The van der Waals surface area contributed by atoms with Crippen molar-refractivity contribution in [2.45, 2.75) is 65.0 Å². The van der Waals surface area contributed by atoms with Crippen molar-refractivity contribution in [3.63, 3.8) is 0 Å². The molecule has 3 rings (SSSR count). The Morgan fingerprint density at radius 1 is 1.26 bits per heavy atom. The Bertz CT molecular complexity index is 1020. The summed E-state index contributed by atoms with van der Waals surface area (Å²) in [6.07, 6.45) is 4.13. The van der Waals surface area contributed by atoms with Gasteiger partial charge in [0, 0.05) is 39.8 Å². The molecule has 0 spiro atoms. The van der Waals surface area contributed by atoms with E-state index in [4.69, 9.17) is 5.14 Å². The lowest BCUT2D eigenvalue weighted by Crippen LogP contribution is -2.59. The van der Waals surface area contributed by atoms with Gasteiger partial charge in [-0.2, -0.15) is 17.5 Å². The van der Waals surface area contributed by atoms with E-state index in [2.05, 4.69) is 34.5 Å². The second-order valence-corrected chi connectivity index (χ2v) is 12.1. The van der Waals surface area contributed by atoms with E-state index in [0.29, 0.717) is 13.0 Å². The van der Waals surface area contributed by atoms with Gasteiger partial charge in [-0.25, -0.2) is 5.14 Å². The fraction of sp³-hybridized carbons (Fsp3) is 0.591. The quantitative estimate of drug-likeness (QED) is 0.618. The number of likely N-dealkylation sites (tertiary alicyclic amines) is 1. The van der Waals surface area contributed by atoms with Gasteiger partial charge in [0.15, 0.2) is 5.13 Å². The van der Waals surface area contributed by atoms with Crippen molar-refractivity contribution in [1.82, 2.24) is 14.6 Å². The monoisotopic (exact) mass is 468 g/mol. The van der Waals surface area contributed by atoms with E-state index in [1.165, 1.54) is 6.07 Å². The zero-order valence-electron chi connectivity index (χ0n) is 18.9. The number of hydrogen-bond donors (Lipinski definition) is 2. The van der Waals surface area contributed by atoms with Gasteiger partial charge in [-0.1, -0.05) is 6.07 Å². The Labute approximate surface area is 189 Å². The first-order chi connectivity index (χ1) is 14.2. The lowest BCUT2D eigenvalue weighted by molar-refractivity contribution is 0.0852. The molecule has 1 fully saturated rings. The van der Waals surface area contributed by atoms with Crippen molar-refractivity contribution in [3.05, 3.63) is 51.7 Å². The summed E-state index contributed by atoms with van der Waals surface area (Å²) in [4.78, 5) is 7.81. The van der Waals surface area contributed by atoms with E-state index in [0.717, 1.165) is 46.9 Å². The van der Waals surface area contributed by atoms with Crippen molar-refractivity contribution in [3.8, 4) is 0 Å². The third-order valence-corrected chi connectivity index (χ3v) is 8.69. The molecule has 1 aliphatic heterocycles. The van der Waals surface area contributed by atoms with Gasteiger partial charge in [0.25, 0.3) is 10.2 Å². The predicted octanol–water partition coefficient (Wildman–Crippen LogP) is 3.72. The molecule has 1 saturated heterocycles. The number of aryl methyl sites for hydroxylation is 2. The molecule has 0 bridgehead atoms. The molecule has 0 amide bonds. The van der Waals surface area contributed by atoms with Gasteiger partial charge in [-0.15, -0.1) is 11.3 Å². The Morgan fingerprint density at radius 2 is 1.97 bits per heavy atom. The Kier molecular flexibility index (Phi) is 6.66. The molecule has 172 valence electrons. The molecular formula is C22H33FN4O2S2. The van der Waals surface area contributed by atoms with Crippen LogP contribution in [0, 0.1) is 17.5 Å². The molecule has 31 heavy (non-hydrogen) atoms. The first-order valence-electron chi connectivity index (χ1n) is 10.5. The smallest absolute Gasteiger partial charge is 0.274 e. The minimum absolute atomic E-state index is 0.202. The third-order valence-electron chi connectivity index (χ3n) is 6.96. The summed E-state index contributed by atoms with van der Waals surface area (Å²) < 4.78 is 40.1. The lowest BCUT2D eigenvalue weighted by atomic mass is 9.68. The highest BCUT2D eigenvalue weighted by atomic mass is 32.2. The zero-order valence-corrected chi connectivity index (χ0v) is 20.5. The number of aromatic nitrogens is 1. The standard InChI is InChI=1S/C22H33FN4O2S2/c1-16-6-7-17(14-25-16)20(2,3)27-13-12-22(15-27,21(4,5)26-31(24,28)29)11-10-18-8-9-19(23)30-18/h6-9,14,26H,10-13,15H2,1-5H3,(H2,24,28,29). The number of nitrogens with two attached hydrogens (primary N) is 1. The van der Waals surface area contributed by atoms with Gasteiger partial charge in [-0.3, -0.25) is 9.88 Å². The summed E-state index contributed by atoms with van der Waals surface area (Å²) >= 11 is 1.15. The molecule has 1 aliphatic rings. The molecule has 0 aromatic carbocycles. The molecule has 9 heteroatoms. The maximum atomic E-state index is 13.5. The molecule has 6 nitrogen and oxygen atoms in total. The average Bonchev–Trinajstić information content (AvgIpc) is 3.26. The number of hydrogen-bond acceptors (Lipinski definition) is 5. The summed E-state index contributed by atoms with van der Waals surface area (Å²) in [5.41, 5.74) is 0.681. The summed E-state index contributed by atoms with van der Waals surface area (Å²) in [5.74, 6) is 0. The maximum Gasteiger partial charge on any atom is 0.274 e. The number of nitrogens with zero attached hydrogens (tertiary/aromatic N) is 2. The van der Waals surface area contributed by atoms with Crippen molar-refractivity contribution < 1.29 is 12.8 Å². The van der Waals surface area contributed by atoms with Crippen LogP contribution < -0.4 is 9.86 Å². The summed E-state index contributed by atoms with van der Waals surface area (Å²) in [6, 6.07) is 7.40. The molecule has 1 unspecified atom stereocenters. The predicted molar refractivity (Wildman–Crippen MR) is 124 cm³/mol. The van der Waals surface area contributed by atoms with Crippen molar-refractivity contribution in [2.24, 2.45) is 10.6 Å². The van der Waals surface area contributed by atoms with Gasteiger partial charge in [0.1, 0.15) is 0 Å². The summed E-state index contributed by atoms with van der Waals surface area (Å²) in [6.45, 7) is 11.6. The van der Waals surface area contributed by atoms with E-state index < -0.39 is 15.7 Å². The van der Waals surface area contributed by atoms with Crippen LogP contribution in [-0.2, 0) is 22.2 Å². The second kappa shape index (κ2) is 8.51. The van der Waals surface area contributed by atoms with Crippen LogP contribution in [0.3, 0.4) is 0 Å². The second-order valence-electron chi connectivity index (χ2n) is 9.68. The van der Waals surface area contributed by atoms with Crippen LogP contribution in [0.1, 0.15) is 56.7 Å². The van der Waals surface area contributed by atoms with Crippen LogP contribution in [0.15, 0.2) is 30.5 Å². The SMILES string of the molecule is Cc1ccc(C(C)(C)N2CCC(CCc3ccc(F)s3)(C(C)(C)NS(N)(=O)=O)C2)cn1. The van der Waals surface area contributed by atoms with Crippen molar-refractivity contribution in [2.75, 3.05) is 13.1 Å². The number of halogens is 1. The van der Waals surface area contributed by atoms with Crippen LogP contribution in [0.25, 0.3) is 0 Å². The largest absolute Gasteiger partial charge is 0.293 e. The van der Waals surface area contributed by atoms with E-state index in [1.54, 1.807) is 0 Å². The van der Waals surface area contributed by atoms with Crippen molar-refractivity contribution >= 4 is 21.5 Å². The summed E-state index contributed by atoms with van der Waals surface area (Å²) in [7, 11) is -3.88. The van der Waals surface area contributed by atoms with Gasteiger partial charge in [0.2, 0.25) is 0 Å². The fourth-order valence-electron chi connectivity index (χ4n) is 4.70. The minimum atomic E-state index is -3.88. The zero-order chi connectivity index (χ0) is 23.1. The highest BCUT2D eigenvalue weighted by Gasteiger charge is 2.52. The minimum Gasteiger partial charge on any atom is -0.293 e. The number of thiophene rings is 1. The normalized spacial score (nSPS) is 21.0. The van der Waals surface area contributed by atoms with E-state index in [1.807, 2.05) is 39.1 Å². The van der Waals surface area contributed by atoms with E-state index in [-0.39, 0.29) is 16.1 Å². The summed E-state index contributed by atoms with van der Waals surface area (Å²) in [5, 5.41) is 5.17. The molecule has 0 aliphatic carbocycles. The van der Waals surface area contributed by atoms with Gasteiger partial charge >= 0.3 is 0 Å². The van der Waals surface area contributed by atoms with Crippen LogP contribution >= 0.6 is 11.3 Å². The molecule has 1 atom stereocenters. The first-order valence-corrected chi connectivity index (χ1v) is 12.8. The third kappa shape index (κ3) is 5.34. The molecule has 3 heterocycles. The highest BCUT2D eigenvalue weighted by Crippen LogP contribution is 2.48. The Hall–Kier alpha value is -1.39. The first kappa shape index (κ1) is 24.3. The molecular weight excluding hydrogens is 435 g/mol. The topological polar surface area (TPSA) is 88.3 Å². The van der Waals surface area contributed by atoms with Crippen LogP contribution in [0.5, 0.6) is 0 Å². The van der Waals surface area contributed by atoms with Crippen LogP contribution in [-0.4, -0.2) is 36.9 Å². The molecule has 2 aromatic heterocycles. The molecule has 0 radical (unpaired) electrons.